The lowest BCUT2D eigenvalue weighted by Crippen LogP contribution is -2.03. The van der Waals surface area contributed by atoms with Gasteiger partial charge in [-0.1, -0.05) is 42.1 Å². The molecule has 0 aliphatic carbocycles. The molecule has 2 aromatic rings. The number of benzene rings is 2. The molecule has 0 saturated heterocycles. The maximum Gasteiger partial charge on any atom is 0.270 e. The predicted molar refractivity (Wildman–Crippen MR) is 84.4 cm³/mol. The van der Waals surface area contributed by atoms with Crippen LogP contribution in [0.15, 0.2) is 53.5 Å². The minimum absolute atomic E-state index is 0.0406. The standard InChI is InChI=1S/C17H18N2O3/c1-13(7-8-14-5-3-2-4-6-14)18-12-15-11-16(19(21)22)9-10-17(15)20/h2-6,9-13,20H,7-8H2,1H3/p-1/t13-/m1/s1. The molecule has 0 radical (unpaired) electrons. The number of aliphatic imine (C=N–C) groups is 1. The number of nitro groups is 1. The lowest BCUT2D eigenvalue weighted by atomic mass is 10.1. The zero-order valence-electron chi connectivity index (χ0n) is 12.3. The summed E-state index contributed by atoms with van der Waals surface area (Å²) in [5.74, 6) is -0.260. The quantitative estimate of drug-likeness (QED) is 0.467. The summed E-state index contributed by atoms with van der Waals surface area (Å²) >= 11 is 0. The molecule has 0 fully saturated rings. The molecule has 5 nitrogen and oxygen atoms in total. The van der Waals surface area contributed by atoms with Gasteiger partial charge in [0.05, 0.1) is 4.92 Å². The summed E-state index contributed by atoms with van der Waals surface area (Å²) in [6.07, 6.45) is 3.19. The van der Waals surface area contributed by atoms with Gasteiger partial charge in [-0.15, -0.1) is 0 Å². The summed E-state index contributed by atoms with van der Waals surface area (Å²) in [7, 11) is 0. The molecular weight excluding hydrogens is 280 g/mol. The molecule has 0 amide bonds. The van der Waals surface area contributed by atoms with E-state index in [9.17, 15) is 15.2 Å². The molecule has 2 rings (SSSR count). The normalized spacial score (nSPS) is 12.4. The Balaban J connectivity index is 1.99. The van der Waals surface area contributed by atoms with Crippen LogP contribution in [0.4, 0.5) is 5.69 Å². The third-order valence-electron chi connectivity index (χ3n) is 3.37. The van der Waals surface area contributed by atoms with E-state index in [0.717, 1.165) is 12.8 Å². The topological polar surface area (TPSA) is 78.6 Å². The van der Waals surface area contributed by atoms with Gasteiger partial charge in [0.25, 0.3) is 5.69 Å². The summed E-state index contributed by atoms with van der Waals surface area (Å²) in [6.45, 7) is 1.96. The SMILES string of the molecule is C[C@H](CCc1ccccc1)N=Cc1cc([N+](=O)[O-])ccc1[O-]. The van der Waals surface area contributed by atoms with Gasteiger partial charge in [-0.25, -0.2) is 0 Å². The van der Waals surface area contributed by atoms with Crippen LogP contribution in [-0.4, -0.2) is 17.2 Å². The Hall–Kier alpha value is -2.69. The Kier molecular flexibility index (Phi) is 5.25. The van der Waals surface area contributed by atoms with Crippen LogP contribution in [0.2, 0.25) is 0 Å². The van der Waals surface area contributed by atoms with E-state index in [0.29, 0.717) is 0 Å². The van der Waals surface area contributed by atoms with Crippen LogP contribution in [0.3, 0.4) is 0 Å². The summed E-state index contributed by atoms with van der Waals surface area (Å²) in [5, 5.41) is 22.4. The molecule has 0 aliphatic rings. The smallest absolute Gasteiger partial charge is 0.270 e. The second-order valence-corrected chi connectivity index (χ2v) is 5.13. The van der Waals surface area contributed by atoms with Gasteiger partial charge in [-0.05, 0) is 30.9 Å². The van der Waals surface area contributed by atoms with Gasteiger partial charge in [0.1, 0.15) is 0 Å². The van der Waals surface area contributed by atoms with Gasteiger partial charge in [0.15, 0.2) is 0 Å². The van der Waals surface area contributed by atoms with Gasteiger partial charge in [-0.2, -0.15) is 0 Å². The van der Waals surface area contributed by atoms with Crippen LogP contribution in [0.1, 0.15) is 24.5 Å². The van der Waals surface area contributed by atoms with Crippen molar-refractivity contribution in [3.05, 3.63) is 69.8 Å². The van der Waals surface area contributed by atoms with Gasteiger partial charge in [-0.3, -0.25) is 15.1 Å². The Morgan fingerprint density at radius 2 is 1.95 bits per heavy atom. The summed E-state index contributed by atoms with van der Waals surface area (Å²) in [6, 6.07) is 13.8. The average molecular weight is 297 g/mol. The number of nitrogens with zero attached hydrogens (tertiary/aromatic N) is 2. The maximum absolute atomic E-state index is 11.7. The number of aryl methyl sites for hydroxylation is 1. The summed E-state index contributed by atoms with van der Waals surface area (Å²) < 4.78 is 0. The first-order valence-corrected chi connectivity index (χ1v) is 7.09. The van der Waals surface area contributed by atoms with Gasteiger partial charge < -0.3 is 5.11 Å². The van der Waals surface area contributed by atoms with Gasteiger partial charge in [0.2, 0.25) is 0 Å². The molecule has 0 unspecified atom stereocenters. The van der Waals surface area contributed by atoms with Crippen LogP contribution in [0, 0.1) is 10.1 Å². The van der Waals surface area contributed by atoms with Crippen molar-refractivity contribution < 1.29 is 10.0 Å². The van der Waals surface area contributed by atoms with Crippen molar-refractivity contribution in [1.29, 1.82) is 0 Å². The molecule has 0 aliphatic heterocycles. The van der Waals surface area contributed by atoms with Crippen molar-refractivity contribution in [2.24, 2.45) is 4.99 Å². The first-order valence-electron chi connectivity index (χ1n) is 7.09. The molecule has 0 saturated carbocycles. The molecule has 0 aromatic heterocycles. The third-order valence-corrected chi connectivity index (χ3v) is 3.37. The maximum atomic E-state index is 11.7. The van der Waals surface area contributed by atoms with Crippen LogP contribution in [-0.2, 0) is 6.42 Å². The van der Waals surface area contributed by atoms with Crippen molar-refractivity contribution in [2.45, 2.75) is 25.8 Å². The van der Waals surface area contributed by atoms with Crippen molar-refractivity contribution in [3.63, 3.8) is 0 Å². The van der Waals surface area contributed by atoms with E-state index in [4.69, 9.17) is 0 Å². The van der Waals surface area contributed by atoms with E-state index in [-0.39, 0.29) is 23.0 Å². The van der Waals surface area contributed by atoms with Crippen molar-refractivity contribution in [2.75, 3.05) is 0 Å². The zero-order valence-corrected chi connectivity index (χ0v) is 12.3. The fourth-order valence-electron chi connectivity index (χ4n) is 2.05. The van der Waals surface area contributed by atoms with E-state index in [2.05, 4.69) is 17.1 Å². The first-order chi connectivity index (χ1) is 10.6. The molecule has 114 valence electrons. The molecule has 22 heavy (non-hydrogen) atoms. The molecule has 0 spiro atoms. The number of nitro benzene ring substituents is 1. The molecular formula is C17H17N2O3-. The summed E-state index contributed by atoms with van der Waals surface area (Å²) in [5.41, 5.74) is 1.39. The highest BCUT2D eigenvalue weighted by Crippen LogP contribution is 2.19. The first kappa shape index (κ1) is 15.7. The molecule has 5 heteroatoms. The highest BCUT2D eigenvalue weighted by Gasteiger charge is 2.06. The lowest BCUT2D eigenvalue weighted by Gasteiger charge is -2.10. The third kappa shape index (κ3) is 4.41. The van der Waals surface area contributed by atoms with E-state index < -0.39 is 4.92 Å². The van der Waals surface area contributed by atoms with Crippen molar-refractivity contribution in [3.8, 4) is 5.75 Å². The monoisotopic (exact) mass is 297 g/mol. The number of hydrogen-bond acceptors (Lipinski definition) is 4. The van der Waals surface area contributed by atoms with Crippen molar-refractivity contribution in [1.82, 2.24) is 0 Å². The number of non-ortho nitro benzene ring substituents is 1. The van der Waals surface area contributed by atoms with Gasteiger partial charge in [0, 0.05) is 24.4 Å². The average Bonchev–Trinajstić information content (AvgIpc) is 2.53. The molecule has 0 N–H and O–H groups in total. The fourth-order valence-corrected chi connectivity index (χ4v) is 2.05. The second-order valence-electron chi connectivity index (χ2n) is 5.13. The predicted octanol–water partition coefficient (Wildman–Crippen LogP) is 3.11. The highest BCUT2D eigenvalue weighted by molar-refractivity contribution is 5.84. The molecule has 1 atom stereocenters. The Morgan fingerprint density at radius 1 is 1.23 bits per heavy atom. The fraction of sp³-hybridized carbons (Fsp3) is 0.235. The molecule has 0 heterocycles. The Morgan fingerprint density at radius 3 is 2.64 bits per heavy atom. The number of rotatable bonds is 6. The van der Waals surface area contributed by atoms with Crippen LogP contribution in [0.5, 0.6) is 5.75 Å². The van der Waals surface area contributed by atoms with Crippen LogP contribution < -0.4 is 5.11 Å². The molecule has 2 aromatic carbocycles. The largest absolute Gasteiger partial charge is 0.872 e. The second kappa shape index (κ2) is 7.36. The van der Waals surface area contributed by atoms with E-state index in [1.54, 1.807) is 0 Å². The minimum Gasteiger partial charge on any atom is -0.872 e. The van der Waals surface area contributed by atoms with Crippen LogP contribution >= 0.6 is 0 Å². The number of hydrogen-bond donors (Lipinski definition) is 0. The Labute approximate surface area is 129 Å². The van der Waals surface area contributed by atoms with E-state index >= 15 is 0 Å². The van der Waals surface area contributed by atoms with E-state index in [1.165, 1.54) is 30.0 Å². The Bertz CT molecular complexity index is 669. The zero-order chi connectivity index (χ0) is 15.9. The molecule has 0 bridgehead atoms. The van der Waals surface area contributed by atoms with E-state index in [1.807, 2.05) is 25.1 Å². The summed E-state index contributed by atoms with van der Waals surface area (Å²) in [4.78, 5) is 14.5. The van der Waals surface area contributed by atoms with Crippen LogP contribution in [0.25, 0.3) is 0 Å². The highest BCUT2D eigenvalue weighted by atomic mass is 16.6. The minimum atomic E-state index is -0.518. The van der Waals surface area contributed by atoms with Crippen molar-refractivity contribution >= 4 is 11.9 Å². The lowest BCUT2D eigenvalue weighted by molar-refractivity contribution is -0.385. The van der Waals surface area contributed by atoms with Gasteiger partial charge >= 0.3 is 0 Å².